The Morgan fingerprint density at radius 3 is 2.68 bits per heavy atom. The van der Waals surface area contributed by atoms with Gasteiger partial charge in [-0.1, -0.05) is 0 Å². The van der Waals surface area contributed by atoms with Crippen molar-refractivity contribution in [1.29, 1.82) is 0 Å². The molecule has 1 aromatic rings. The molecular weight excluding hydrogens is 322 g/mol. The fourth-order valence-corrected chi connectivity index (χ4v) is 3.65. The van der Waals surface area contributed by atoms with Gasteiger partial charge >= 0.3 is 11.8 Å². The fraction of sp³-hybridized carbons (Fsp3) is 0.500. The molecule has 1 fully saturated rings. The van der Waals surface area contributed by atoms with Crippen molar-refractivity contribution in [1.82, 2.24) is 5.32 Å². The first-order valence-electron chi connectivity index (χ1n) is 8.68. The summed E-state index contributed by atoms with van der Waals surface area (Å²) in [7, 11) is 0. The number of hydrogen-bond donors (Lipinski definition) is 3. The lowest BCUT2D eigenvalue weighted by Crippen LogP contribution is -2.39. The van der Waals surface area contributed by atoms with Crippen LogP contribution in [0.1, 0.15) is 30.4 Å². The van der Waals surface area contributed by atoms with E-state index in [1.54, 1.807) is 6.07 Å². The molecule has 3 aliphatic rings. The van der Waals surface area contributed by atoms with Crippen molar-refractivity contribution in [2.24, 2.45) is 5.41 Å². The number of amides is 3. The van der Waals surface area contributed by atoms with Gasteiger partial charge < -0.3 is 20.6 Å². The lowest BCUT2D eigenvalue weighted by Gasteiger charge is -2.26. The van der Waals surface area contributed by atoms with Crippen LogP contribution in [0.5, 0.6) is 0 Å². The summed E-state index contributed by atoms with van der Waals surface area (Å²) < 4.78 is 0. The van der Waals surface area contributed by atoms with Crippen molar-refractivity contribution < 1.29 is 19.5 Å². The van der Waals surface area contributed by atoms with Crippen LogP contribution < -0.4 is 15.5 Å². The van der Waals surface area contributed by atoms with Gasteiger partial charge in [0.2, 0.25) is 5.91 Å². The van der Waals surface area contributed by atoms with Crippen LogP contribution in [0.2, 0.25) is 0 Å². The molecule has 4 rings (SSSR count). The molecule has 0 aromatic heterocycles. The van der Waals surface area contributed by atoms with E-state index in [-0.39, 0.29) is 17.9 Å². The molecule has 1 saturated carbocycles. The number of hydrogen-bond acceptors (Lipinski definition) is 4. The van der Waals surface area contributed by atoms with Gasteiger partial charge in [0, 0.05) is 24.2 Å². The molecule has 0 atom stereocenters. The third-order valence-corrected chi connectivity index (χ3v) is 5.39. The quantitative estimate of drug-likeness (QED) is 0.687. The second-order valence-electron chi connectivity index (χ2n) is 7.26. The van der Waals surface area contributed by atoms with Gasteiger partial charge in [-0.15, -0.1) is 0 Å². The molecule has 3 N–H and O–H groups in total. The minimum atomic E-state index is -0.724. The fourth-order valence-electron chi connectivity index (χ4n) is 3.65. The first-order valence-corrected chi connectivity index (χ1v) is 8.68. The van der Waals surface area contributed by atoms with E-state index in [1.807, 2.05) is 11.0 Å². The third kappa shape index (κ3) is 2.89. The Balaban J connectivity index is 1.44. The lowest BCUT2D eigenvalue weighted by molar-refractivity contribution is -0.136. The number of aryl methyl sites for hydroxylation is 1. The van der Waals surface area contributed by atoms with Gasteiger partial charge in [-0.05, 0) is 48.9 Å². The lowest BCUT2D eigenvalue weighted by atomic mass is 9.99. The second kappa shape index (κ2) is 5.84. The molecule has 0 bridgehead atoms. The number of carbonyl (C=O) groups is 3. The van der Waals surface area contributed by atoms with Crippen LogP contribution in [0.25, 0.3) is 0 Å². The summed E-state index contributed by atoms with van der Waals surface area (Å²) in [6.07, 6.45) is 3.84. The number of nitrogens with one attached hydrogen (secondary N) is 2. The minimum Gasteiger partial charge on any atom is -0.396 e. The molecule has 0 saturated heterocycles. The molecule has 1 aromatic carbocycles. The number of benzene rings is 1. The Bertz CT molecular complexity index is 770. The standard InChI is InChI=1S/C18H21N3O4/c22-10-18(3-4-18)9-19-16(24)17(25)20-13-6-11-2-1-5-21-14(23)8-12(7-13)15(11)21/h6-7,22H,1-5,8-10H2,(H,19,24)(H,20,25). The van der Waals surface area contributed by atoms with Crippen molar-refractivity contribution >= 4 is 29.1 Å². The van der Waals surface area contributed by atoms with E-state index in [2.05, 4.69) is 10.6 Å². The van der Waals surface area contributed by atoms with E-state index in [0.29, 0.717) is 18.7 Å². The molecule has 7 heteroatoms. The summed E-state index contributed by atoms with van der Waals surface area (Å²) in [4.78, 5) is 38.0. The van der Waals surface area contributed by atoms with E-state index in [4.69, 9.17) is 0 Å². The van der Waals surface area contributed by atoms with Crippen LogP contribution >= 0.6 is 0 Å². The maximum Gasteiger partial charge on any atom is 0.313 e. The Morgan fingerprint density at radius 2 is 1.96 bits per heavy atom. The topological polar surface area (TPSA) is 98.7 Å². The van der Waals surface area contributed by atoms with Crippen LogP contribution in [0.4, 0.5) is 11.4 Å². The number of aliphatic hydroxyl groups is 1. The van der Waals surface area contributed by atoms with Crippen molar-refractivity contribution in [2.45, 2.75) is 32.1 Å². The Morgan fingerprint density at radius 1 is 1.20 bits per heavy atom. The first-order chi connectivity index (χ1) is 12.0. The van der Waals surface area contributed by atoms with Gasteiger partial charge in [-0.25, -0.2) is 0 Å². The van der Waals surface area contributed by atoms with Gasteiger partial charge in [0.25, 0.3) is 0 Å². The van der Waals surface area contributed by atoms with Gasteiger partial charge in [0.1, 0.15) is 0 Å². The predicted octanol–water partition coefficient (Wildman–Crippen LogP) is 0.349. The van der Waals surface area contributed by atoms with E-state index in [1.165, 1.54) is 0 Å². The first kappa shape index (κ1) is 16.1. The second-order valence-corrected chi connectivity index (χ2v) is 7.26. The van der Waals surface area contributed by atoms with Gasteiger partial charge in [0.15, 0.2) is 0 Å². The molecule has 7 nitrogen and oxygen atoms in total. The van der Waals surface area contributed by atoms with Gasteiger partial charge in [-0.3, -0.25) is 14.4 Å². The maximum absolute atomic E-state index is 12.1. The highest BCUT2D eigenvalue weighted by Crippen LogP contribution is 2.44. The van der Waals surface area contributed by atoms with Crippen LogP contribution in [-0.2, 0) is 27.2 Å². The zero-order valence-corrected chi connectivity index (χ0v) is 13.9. The highest BCUT2D eigenvalue weighted by molar-refractivity contribution is 6.39. The molecule has 1 aliphatic carbocycles. The van der Waals surface area contributed by atoms with E-state index in [9.17, 15) is 19.5 Å². The molecule has 0 spiro atoms. The van der Waals surface area contributed by atoms with Gasteiger partial charge in [-0.2, -0.15) is 0 Å². The smallest absolute Gasteiger partial charge is 0.313 e. The van der Waals surface area contributed by atoms with Crippen LogP contribution in [-0.4, -0.2) is 42.5 Å². The molecule has 2 aliphatic heterocycles. The Kier molecular flexibility index (Phi) is 3.76. The summed E-state index contributed by atoms with van der Waals surface area (Å²) in [6, 6.07) is 3.63. The number of carbonyl (C=O) groups excluding carboxylic acids is 3. The highest BCUT2D eigenvalue weighted by atomic mass is 16.3. The number of aliphatic hydroxyl groups excluding tert-OH is 1. The summed E-state index contributed by atoms with van der Waals surface area (Å²) in [5.74, 6) is -1.33. The summed E-state index contributed by atoms with van der Waals surface area (Å²) in [6.45, 7) is 1.09. The zero-order valence-electron chi connectivity index (χ0n) is 13.9. The molecule has 0 unspecified atom stereocenters. The Labute approximate surface area is 145 Å². The van der Waals surface area contributed by atoms with Crippen LogP contribution in [0, 0.1) is 5.41 Å². The third-order valence-electron chi connectivity index (χ3n) is 5.39. The Hall–Kier alpha value is -2.41. The summed E-state index contributed by atoms with van der Waals surface area (Å²) in [5.41, 5.74) is 3.25. The average Bonchev–Trinajstić information content (AvgIpc) is 3.32. The highest BCUT2D eigenvalue weighted by Gasteiger charge is 2.42. The molecule has 132 valence electrons. The SMILES string of the molecule is O=C(NCC1(CO)CC1)C(=O)Nc1cc2c3c(c1)CC(=O)N3CCC2. The number of rotatable bonds is 4. The molecule has 3 amide bonds. The average molecular weight is 343 g/mol. The van der Waals surface area contributed by atoms with E-state index in [0.717, 1.165) is 49.0 Å². The minimum absolute atomic E-state index is 0.0214. The van der Waals surface area contributed by atoms with Crippen LogP contribution in [0.15, 0.2) is 12.1 Å². The van der Waals surface area contributed by atoms with E-state index < -0.39 is 11.8 Å². The van der Waals surface area contributed by atoms with Crippen molar-refractivity contribution in [2.75, 3.05) is 29.9 Å². The van der Waals surface area contributed by atoms with E-state index >= 15 is 0 Å². The van der Waals surface area contributed by atoms with Gasteiger partial charge in [0.05, 0.1) is 18.7 Å². The van der Waals surface area contributed by atoms with Crippen molar-refractivity contribution in [3.63, 3.8) is 0 Å². The molecule has 2 heterocycles. The summed E-state index contributed by atoms with van der Waals surface area (Å²) >= 11 is 0. The molecular formula is C18H21N3O4. The predicted molar refractivity (Wildman–Crippen MR) is 91.2 cm³/mol. The molecule has 25 heavy (non-hydrogen) atoms. The zero-order chi connectivity index (χ0) is 17.6. The monoisotopic (exact) mass is 343 g/mol. The summed E-state index contributed by atoms with van der Waals surface area (Å²) in [5, 5.41) is 14.5. The molecule has 0 radical (unpaired) electrons. The van der Waals surface area contributed by atoms with Crippen LogP contribution in [0.3, 0.4) is 0 Å². The van der Waals surface area contributed by atoms with Crippen molar-refractivity contribution in [3.8, 4) is 0 Å². The largest absolute Gasteiger partial charge is 0.396 e. The number of nitrogens with zero attached hydrogens (tertiary/aromatic N) is 1. The number of anilines is 2. The maximum atomic E-state index is 12.1. The normalized spacial score (nSPS) is 19.4. The van der Waals surface area contributed by atoms with Crippen molar-refractivity contribution in [3.05, 3.63) is 23.3 Å².